The van der Waals surface area contributed by atoms with Gasteiger partial charge in [-0.3, -0.25) is 0 Å². The van der Waals surface area contributed by atoms with Crippen LogP contribution in [-0.4, -0.2) is 41.4 Å². The summed E-state index contributed by atoms with van der Waals surface area (Å²) in [5.74, 6) is -0.352. The van der Waals surface area contributed by atoms with Crippen molar-refractivity contribution in [3.05, 3.63) is 35.6 Å². The van der Waals surface area contributed by atoms with Crippen LogP contribution in [0.25, 0.3) is 0 Å². The normalized spacial score (nSPS) is 20.8. The van der Waals surface area contributed by atoms with Crippen molar-refractivity contribution in [2.75, 3.05) is 26.2 Å². The van der Waals surface area contributed by atoms with Gasteiger partial charge in [-0.1, -0.05) is 25.1 Å². The predicted octanol–water partition coefficient (Wildman–Crippen LogP) is 2.34. The number of piperidine rings is 1. The van der Waals surface area contributed by atoms with E-state index in [4.69, 9.17) is 0 Å². The Morgan fingerprint density at radius 1 is 1.30 bits per heavy atom. The predicted molar refractivity (Wildman–Crippen MR) is 76.8 cm³/mol. The Morgan fingerprint density at radius 2 is 1.95 bits per heavy atom. The Morgan fingerprint density at radius 3 is 2.50 bits per heavy atom. The van der Waals surface area contributed by atoms with Crippen LogP contribution >= 0.6 is 0 Å². The molecule has 0 aliphatic carbocycles. The van der Waals surface area contributed by atoms with E-state index in [0.717, 1.165) is 32.4 Å². The van der Waals surface area contributed by atoms with Crippen molar-refractivity contribution in [2.45, 2.75) is 32.3 Å². The van der Waals surface area contributed by atoms with Gasteiger partial charge >= 0.3 is 0 Å². The zero-order chi connectivity index (χ0) is 14.6. The number of rotatable bonds is 5. The van der Waals surface area contributed by atoms with E-state index in [-0.39, 0.29) is 17.8 Å². The van der Waals surface area contributed by atoms with Gasteiger partial charge in [0.05, 0.1) is 6.10 Å². The van der Waals surface area contributed by atoms with Crippen LogP contribution in [0.1, 0.15) is 37.9 Å². The summed E-state index contributed by atoms with van der Waals surface area (Å²) < 4.78 is 13.6. The second-order valence-corrected chi connectivity index (χ2v) is 5.85. The molecule has 1 aliphatic heterocycles. The fraction of sp³-hybridized carbons (Fsp3) is 0.625. The molecule has 112 valence electrons. The third-order valence-electron chi connectivity index (χ3n) is 4.70. The molecule has 0 spiro atoms. The first-order chi connectivity index (χ1) is 9.60. The first kappa shape index (κ1) is 15.4. The summed E-state index contributed by atoms with van der Waals surface area (Å²) in [4.78, 5) is 2.15. The van der Waals surface area contributed by atoms with E-state index in [1.165, 1.54) is 6.07 Å². The number of halogens is 1. The number of hydrogen-bond acceptors (Lipinski definition) is 3. The van der Waals surface area contributed by atoms with E-state index in [9.17, 15) is 14.6 Å². The highest BCUT2D eigenvalue weighted by Crippen LogP contribution is 2.34. The highest BCUT2D eigenvalue weighted by Gasteiger charge is 2.32. The van der Waals surface area contributed by atoms with Crippen molar-refractivity contribution in [2.24, 2.45) is 5.41 Å². The van der Waals surface area contributed by atoms with Crippen molar-refractivity contribution in [1.29, 1.82) is 0 Å². The summed E-state index contributed by atoms with van der Waals surface area (Å²) in [5, 5.41) is 19.7. The minimum absolute atomic E-state index is 0.0411. The zero-order valence-corrected chi connectivity index (χ0v) is 12.1. The van der Waals surface area contributed by atoms with Crippen LogP contribution in [0.4, 0.5) is 4.39 Å². The molecule has 4 heteroatoms. The minimum atomic E-state index is -0.792. The molecule has 1 fully saturated rings. The van der Waals surface area contributed by atoms with E-state index in [0.29, 0.717) is 12.1 Å². The van der Waals surface area contributed by atoms with Crippen LogP contribution in [0.15, 0.2) is 24.3 Å². The van der Waals surface area contributed by atoms with Crippen molar-refractivity contribution in [3.63, 3.8) is 0 Å². The highest BCUT2D eigenvalue weighted by atomic mass is 19.1. The SMILES string of the molecule is CCC1(CO)CCN(CC(O)c2ccccc2F)CC1. The molecule has 1 unspecified atom stereocenters. The summed E-state index contributed by atoms with van der Waals surface area (Å²) in [6.07, 6.45) is 2.06. The molecule has 0 aromatic heterocycles. The Bertz CT molecular complexity index is 424. The Kier molecular flexibility index (Phi) is 5.13. The first-order valence-electron chi connectivity index (χ1n) is 7.36. The molecule has 1 saturated heterocycles. The third kappa shape index (κ3) is 3.37. The van der Waals surface area contributed by atoms with Crippen LogP contribution in [0.5, 0.6) is 0 Å². The van der Waals surface area contributed by atoms with E-state index >= 15 is 0 Å². The number of benzene rings is 1. The van der Waals surface area contributed by atoms with Gasteiger partial charge in [0.15, 0.2) is 0 Å². The molecular weight excluding hydrogens is 257 g/mol. The maximum atomic E-state index is 13.6. The van der Waals surface area contributed by atoms with Crippen molar-refractivity contribution in [1.82, 2.24) is 4.90 Å². The molecule has 1 aliphatic rings. The van der Waals surface area contributed by atoms with E-state index < -0.39 is 6.10 Å². The number of hydrogen-bond donors (Lipinski definition) is 2. The topological polar surface area (TPSA) is 43.7 Å². The van der Waals surface area contributed by atoms with Crippen LogP contribution in [-0.2, 0) is 0 Å². The van der Waals surface area contributed by atoms with Crippen LogP contribution < -0.4 is 0 Å². The smallest absolute Gasteiger partial charge is 0.129 e. The molecule has 2 N–H and O–H groups in total. The van der Waals surface area contributed by atoms with Gasteiger partial charge in [0.1, 0.15) is 5.82 Å². The van der Waals surface area contributed by atoms with Gasteiger partial charge in [-0.05, 0) is 43.8 Å². The summed E-state index contributed by atoms with van der Waals surface area (Å²) >= 11 is 0. The standard InChI is InChI=1S/C16H24FNO2/c1-2-16(12-19)7-9-18(10-8-16)11-15(20)13-5-3-4-6-14(13)17/h3-6,15,19-20H,2,7-12H2,1H3. The molecule has 2 rings (SSSR count). The maximum Gasteiger partial charge on any atom is 0.129 e. The molecule has 0 amide bonds. The maximum absolute atomic E-state index is 13.6. The second kappa shape index (κ2) is 6.66. The first-order valence-corrected chi connectivity index (χ1v) is 7.36. The van der Waals surface area contributed by atoms with Crippen molar-refractivity contribution in [3.8, 4) is 0 Å². The summed E-state index contributed by atoms with van der Waals surface area (Å²) in [7, 11) is 0. The molecule has 1 aromatic carbocycles. The number of β-amino-alcohol motifs (C(OH)–C–C–N with tert-alkyl or cyclic N) is 1. The zero-order valence-electron chi connectivity index (χ0n) is 12.1. The average molecular weight is 281 g/mol. The number of aliphatic hydroxyl groups is 2. The molecule has 1 atom stereocenters. The third-order valence-corrected chi connectivity index (χ3v) is 4.70. The lowest BCUT2D eigenvalue weighted by Gasteiger charge is -2.40. The Hall–Kier alpha value is -0.970. The van der Waals surface area contributed by atoms with E-state index in [2.05, 4.69) is 11.8 Å². The fourth-order valence-electron chi connectivity index (χ4n) is 2.92. The molecule has 20 heavy (non-hydrogen) atoms. The van der Waals surface area contributed by atoms with Gasteiger partial charge < -0.3 is 15.1 Å². The van der Waals surface area contributed by atoms with Gasteiger partial charge in [-0.15, -0.1) is 0 Å². The number of nitrogens with zero attached hydrogens (tertiary/aromatic N) is 1. The van der Waals surface area contributed by atoms with Gasteiger partial charge in [0, 0.05) is 18.7 Å². The lowest BCUT2D eigenvalue weighted by atomic mass is 9.77. The quantitative estimate of drug-likeness (QED) is 0.870. The summed E-state index contributed by atoms with van der Waals surface area (Å²) in [5.41, 5.74) is 0.404. The highest BCUT2D eigenvalue weighted by molar-refractivity contribution is 5.20. The molecule has 0 radical (unpaired) electrons. The molecule has 0 bridgehead atoms. The van der Waals surface area contributed by atoms with Crippen LogP contribution in [0, 0.1) is 11.2 Å². The van der Waals surface area contributed by atoms with E-state index in [1.807, 2.05) is 0 Å². The lowest BCUT2D eigenvalue weighted by molar-refractivity contribution is 0.0210. The minimum Gasteiger partial charge on any atom is -0.396 e. The van der Waals surface area contributed by atoms with Crippen molar-refractivity contribution < 1.29 is 14.6 Å². The van der Waals surface area contributed by atoms with Crippen LogP contribution in [0.2, 0.25) is 0 Å². The number of likely N-dealkylation sites (tertiary alicyclic amines) is 1. The average Bonchev–Trinajstić information content (AvgIpc) is 2.49. The largest absolute Gasteiger partial charge is 0.396 e. The summed E-state index contributed by atoms with van der Waals surface area (Å²) in [6, 6.07) is 6.38. The summed E-state index contributed by atoms with van der Waals surface area (Å²) in [6.45, 7) is 4.49. The van der Waals surface area contributed by atoms with Gasteiger partial charge in [-0.25, -0.2) is 4.39 Å². The lowest BCUT2D eigenvalue weighted by Crippen LogP contribution is -2.43. The van der Waals surface area contributed by atoms with Crippen molar-refractivity contribution >= 4 is 0 Å². The van der Waals surface area contributed by atoms with E-state index in [1.54, 1.807) is 18.2 Å². The molecule has 0 saturated carbocycles. The van der Waals surface area contributed by atoms with Gasteiger partial charge in [0.25, 0.3) is 0 Å². The van der Waals surface area contributed by atoms with Crippen LogP contribution in [0.3, 0.4) is 0 Å². The fourth-order valence-corrected chi connectivity index (χ4v) is 2.92. The second-order valence-electron chi connectivity index (χ2n) is 5.85. The molecular formula is C16H24FNO2. The van der Waals surface area contributed by atoms with Gasteiger partial charge in [0.2, 0.25) is 0 Å². The molecule has 1 aromatic rings. The van der Waals surface area contributed by atoms with Gasteiger partial charge in [-0.2, -0.15) is 0 Å². The Labute approximate surface area is 120 Å². The molecule has 1 heterocycles. The molecule has 3 nitrogen and oxygen atoms in total. The number of aliphatic hydroxyl groups excluding tert-OH is 2. The monoisotopic (exact) mass is 281 g/mol. The Balaban J connectivity index is 1.91.